The second kappa shape index (κ2) is 10.6. The van der Waals surface area contributed by atoms with E-state index in [2.05, 4.69) is 30.2 Å². The van der Waals surface area contributed by atoms with E-state index in [0.29, 0.717) is 40.0 Å². The fourth-order valence-corrected chi connectivity index (χ4v) is 6.92. The highest BCUT2D eigenvalue weighted by Crippen LogP contribution is 2.43. The van der Waals surface area contributed by atoms with Crippen LogP contribution in [-0.2, 0) is 27.8 Å². The van der Waals surface area contributed by atoms with Crippen molar-refractivity contribution in [3.63, 3.8) is 0 Å². The highest BCUT2D eigenvalue weighted by Gasteiger charge is 2.29. The van der Waals surface area contributed by atoms with Crippen LogP contribution in [0.15, 0.2) is 65.3 Å². The van der Waals surface area contributed by atoms with Gasteiger partial charge in [-0.1, -0.05) is 0 Å². The van der Waals surface area contributed by atoms with Crippen molar-refractivity contribution in [2.24, 2.45) is 0 Å². The first kappa shape index (κ1) is 29.0. The zero-order chi connectivity index (χ0) is 30.7. The summed E-state index contributed by atoms with van der Waals surface area (Å²) in [6.45, 7) is 4.71. The van der Waals surface area contributed by atoms with Gasteiger partial charge in [0.1, 0.15) is 17.2 Å². The number of benzene rings is 2. The molecular weight excluding hydrogens is 590 g/mol. The van der Waals surface area contributed by atoms with Gasteiger partial charge in [0.2, 0.25) is 10.0 Å². The highest BCUT2D eigenvalue weighted by molar-refractivity contribution is 7.92. The number of fused-ring (bicyclic) bond motifs is 2. The smallest absolute Gasteiger partial charge is 0.255 e. The Hall–Kier alpha value is -4.06. The summed E-state index contributed by atoms with van der Waals surface area (Å²) in [7, 11) is -0.689. The predicted octanol–water partition coefficient (Wildman–Crippen LogP) is 6.64. The number of nitrogens with one attached hydrogen (secondary N) is 1. The van der Waals surface area contributed by atoms with E-state index in [1.165, 1.54) is 53.1 Å². The van der Waals surface area contributed by atoms with Gasteiger partial charge in [-0.05, 0) is 61.9 Å². The number of rotatable bonds is 6. The molecule has 0 fully saturated rings. The lowest BCUT2D eigenvalue weighted by Gasteiger charge is -2.29. The molecule has 0 saturated heterocycles. The number of carbonyl (C=O) groups excluding carboxylic acids is 1. The first-order valence-corrected chi connectivity index (χ1v) is 16.2. The lowest BCUT2D eigenvalue weighted by atomic mass is 9.95. The Labute approximate surface area is 253 Å². The first-order valence-electron chi connectivity index (χ1n) is 13.6. The molecule has 0 radical (unpaired) electrons. The molecule has 1 N–H and O–H groups in total. The van der Waals surface area contributed by atoms with Crippen molar-refractivity contribution in [2.75, 3.05) is 24.7 Å². The zero-order valence-electron chi connectivity index (χ0n) is 24.3. The van der Waals surface area contributed by atoms with Gasteiger partial charge in [-0.25, -0.2) is 12.8 Å². The predicted molar refractivity (Wildman–Crippen MR) is 167 cm³/mol. The average molecular weight is 620 g/mol. The number of ether oxygens (including phenoxy) is 1. The molecule has 43 heavy (non-hydrogen) atoms. The van der Waals surface area contributed by atoms with Gasteiger partial charge in [-0.2, -0.15) is 0 Å². The second-order valence-electron chi connectivity index (χ2n) is 11.2. The Balaban J connectivity index is 1.56. The summed E-state index contributed by atoms with van der Waals surface area (Å²) in [5.74, 6) is -0.564. The van der Waals surface area contributed by atoms with Crippen LogP contribution in [0.1, 0.15) is 34.6 Å². The van der Waals surface area contributed by atoms with Crippen LogP contribution < -0.4 is 9.62 Å². The number of pyridine rings is 1. The molecule has 4 heterocycles. The molecule has 11 heteroatoms. The number of halogens is 1. The van der Waals surface area contributed by atoms with Crippen LogP contribution >= 0.6 is 11.3 Å². The zero-order valence-corrected chi connectivity index (χ0v) is 26.0. The minimum absolute atomic E-state index is 0.230. The van der Waals surface area contributed by atoms with Crippen LogP contribution in [0.25, 0.3) is 43.9 Å². The summed E-state index contributed by atoms with van der Waals surface area (Å²) in [6.07, 6.45) is 5.39. The Bertz CT molecular complexity index is 2000. The van der Waals surface area contributed by atoms with E-state index in [0.717, 1.165) is 23.1 Å². The normalized spacial score (nSPS) is 14.5. The maximum Gasteiger partial charge on any atom is 0.255 e. The summed E-state index contributed by atoms with van der Waals surface area (Å²) in [5, 5.41) is 3.14. The number of carbonyl (C=O) groups is 1. The van der Waals surface area contributed by atoms with E-state index in [-0.39, 0.29) is 16.9 Å². The number of furan rings is 1. The molecular formula is C32H30FN3O5S2. The van der Waals surface area contributed by atoms with Gasteiger partial charge in [0.05, 0.1) is 29.7 Å². The Morgan fingerprint density at radius 2 is 1.79 bits per heavy atom. The van der Waals surface area contributed by atoms with Crippen molar-refractivity contribution in [2.45, 2.75) is 32.5 Å². The third-order valence-electron chi connectivity index (χ3n) is 7.64. The number of aromatic nitrogens is 1. The molecule has 0 spiro atoms. The lowest BCUT2D eigenvalue weighted by molar-refractivity contribution is -0.0382. The van der Waals surface area contributed by atoms with Gasteiger partial charge in [-0.3, -0.25) is 14.1 Å². The first-order chi connectivity index (χ1) is 20.3. The number of thiophene rings is 1. The molecule has 5 aromatic rings. The van der Waals surface area contributed by atoms with Crippen LogP contribution in [0.3, 0.4) is 0 Å². The molecule has 1 amide bonds. The van der Waals surface area contributed by atoms with E-state index in [4.69, 9.17) is 9.15 Å². The quantitative estimate of drug-likeness (QED) is 0.229. The molecule has 0 atom stereocenters. The molecule has 2 aromatic carbocycles. The van der Waals surface area contributed by atoms with Gasteiger partial charge in [0.15, 0.2) is 0 Å². The summed E-state index contributed by atoms with van der Waals surface area (Å²) in [5.41, 5.74) is 4.56. The molecule has 0 saturated carbocycles. The Morgan fingerprint density at radius 3 is 2.49 bits per heavy atom. The van der Waals surface area contributed by atoms with Gasteiger partial charge in [-0.15, -0.1) is 11.3 Å². The van der Waals surface area contributed by atoms with Gasteiger partial charge < -0.3 is 14.5 Å². The fourth-order valence-electron chi connectivity index (χ4n) is 5.33. The van der Waals surface area contributed by atoms with E-state index < -0.39 is 21.7 Å². The van der Waals surface area contributed by atoms with E-state index in [9.17, 15) is 17.6 Å². The SMILES string of the molecule is CNC(=O)c1c(-c2ccc(F)cc2)oc2cc(N(C)S(C)(=O)=O)c(-c3cncc(-c4cc5c(s4)COC(C)(C)C5)c3)cc12. The minimum atomic E-state index is -3.67. The highest BCUT2D eigenvalue weighted by atomic mass is 32.2. The standard InChI is InChI=1S/C32H30FN3O5S2/c1-32(2)14-19-11-27(42-28(19)17-40-32)21-10-20(15-35-16-21)23-12-24-26(13-25(23)36(4)43(5,38)39)41-30(29(24)31(37)34-3)18-6-8-22(33)9-7-18/h6-13,15-16H,14,17H2,1-5H3,(H,34,37). The monoisotopic (exact) mass is 619 g/mol. The minimum Gasteiger partial charge on any atom is -0.455 e. The Morgan fingerprint density at radius 1 is 1.07 bits per heavy atom. The van der Waals surface area contributed by atoms with Crippen LogP contribution in [0.4, 0.5) is 10.1 Å². The van der Waals surface area contributed by atoms with Gasteiger partial charge >= 0.3 is 0 Å². The van der Waals surface area contributed by atoms with Gasteiger partial charge in [0, 0.05) is 76.4 Å². The summed E-state index contributed by atoms with van der Waals surface area (Å²) < 4.78 is 52.6. The molecule has 222 valence electrons. The van der Waals surface area contributed by atoms with Crippen molar-refractivity contribution < 1.29 is 26.8 Å². The van der Waals surface area contributed by atoms with Crippen molar-refractivity contribution in [3.05, 3.63) is 82.7 Å². The second-order valence-corrected chi connectivity index (χ2v) is 14.4. The largest absolute Gasteiger partial charge is 0.455 e. The molecule has 3 aromatic heterocycles. The molecule has 0 bridgehead atoms. The van der Waals surface area contributed by atoms with Crippen LogP contribution in [0, 0.1) is 5.82 Å². The summed E-state index contributed by atoms with van der Waals surface area (Å²) in [4.78, 5) is 19.9. The number of amides is 1. The Kier molecular flexibility index (Phi) is 7.15. The van der Waals surface area contributed by atoms with Crippen molar-refractivity contribution in [1.82, 2.24) is 10.3 Å². The fraction of sp³-hybridized carbons (Fsp3) is 0.250. The molecule has 1 aliphatic heterocycles. The number of hydrogen-bond donors (Lipinski definition) is 1. The topological polar surface area (TPSA) is 102 Å². The van der Waals surface area contributed by atoms with E-state index in [1.807, 2.05) is 6.07 Å². The maximum atomic E-state index is 13.7. The number of hydrogen-bond acceptors (Lipinski definition) is 7. The number of anilines is 1. The third kappa shape index (κ3) is 5.44. The molecule has 0 aliphatic carbocycles. The number of sulfonamides is 1. The van der Waals surface area contributed by atoms with E-state index >= 15 is 0 Å². The number of nitrogens with zero attached hydrogens (tertiary/aromatic N) is 2. The van der Waals surface area contributed by atoms with Crippen LogP contribution in [0.5, 0.6) is 0 Å². The average Bonchev–Trinajstić information content (AvgIpc) is 3.56. The van der Waals surface area contributed by atoms with Crippen molar-refractivity contribution in [1.29, 1.82) is 0 Å². The van der Waals surface area contributed by atoms with E-state index in [1.54, 1.807) is 35.9 Å². The molecule has 0 unspecified atom stereocenters. The lowest BCUT2D eigenvalue weighted by Crippen LogP contribution is -2.30. The third-order valence-corrected chi connectivity index (χ3v) is 10.0. The summed E-state index contributed by atoms with van der Waals surface area (Å²) >= 11 is 1.66. The molecule has 1 aliphatic rings. The summed E-state index contributed by atoms with van der Waals surface area (Å²) in [6, 6.07) is 13.2. The van der Waals surface area contributed by atoms with Crippen molar-refractivity contribution >= 4 is 43.9 Å². The molecule has 6 rings (SSSR count). The van der Waals surface area contributed by atoms with Crippen LogP contribution in [-0.4, -0.2) is 45.3 Å². The maximum absolute atomic E-state index is 13.7. The molecule has 8 nitrogen and oxygen atoms in total. The van der Waals surface area contributed by atoms with Crippen LogP contribution in [0.2, 0.25) is 0 Å². The van der Waals surface area contributed by atoms with Crippen molar-refractivity contribution in [3.8, 4) is 32.9 Å². The van der Waals surface area contributed by atoms with Gasteiger partial charge in [0.25, 0.3) is 5.91 Å².